The number of nitrogens with one attached hydrogen (secondary N) is 1. The van der Waals surface area contributed by atoms with Gasteiger partial charge in [0.25, 0.3) is 10.0 Å². The molecule has 3 heterocycles. The van der Waals surface area contributed by atoms with Crippen LogP contribution in [0.1, 0.15) is 0 Å². The summed E-state index contributed by atoms with van der Waals surface area (Å²) in [6.07, 6.45) is 1.73. The highest BCUT2D eigenvalue weighted by Crippen LogP contribution is 2.39. The number of aromatic nitrogens is 1. The molecule has 0 spiro atoms. The first-order valence-electron chi connectivity index (χ1n) is 9.59. The first-order chi connectivity index (χ1) is 14.8. The molecule has 0 aliphatic carbocycles. The standard InChI is InChI=1S/C20H23ClN4O4S2/c1-24-6-8-25(9-7-24)20-13-10-19(30-18(13)4-5-22-20)31(26,27)23-15-12-16(28-2)14(21)11-17(15)29-3/h4-5,10-12,23H,6-9H2,1-3H3. The minimum absolute atomic E-state index is 0.196. The molecule has 1 fully saturated rings. The molecule has 0 saturated carbocycles. The summed E-state index contributed by atoms with van der Waals surface area (Å²) < 4.78 is 40.5. The predicted octanol–water partition coefficient (Wildman–Crippen LogP) is 3.52. The third-order valence-corrected chi connectivity index (χ3v) is 8.42. The van der Waals surface area contributed by atoms with Gasteiger partial charge in [0.1, 0.15) is 21.5 Å². The van der Waals surface area contributed by atoms with Crippen LogP contribution in [-0.2, 0) is 10.0 Å². The topological polar surface area (TPSA) is 84.0 Å². The minimum Gasteiger partial charge on any atom is -0.495 e. The van der Waals surface area contributed by atoms with Gasteiger partial charge in [-0.1, -0.05) is 11.6 Å². The Morgan fingerprint density at radius 2 is 1.81 bits per heavy atom. The molecule has 3 aromatic rings. The number of ether oxygens (including phenoxy) is 2. The number of rotatable bonds is 6. The summed E-state index contributed by atoms with van der Waals surface area (Å²) in [4.78, 5) is 9.00. The highest BCUT2D eigenvalue weighted by Gasteiger charge is 2.24. The van der Waals surface area contributed by atoms with Crippen molar-refractivity contribution in [3.8, 4) is 11.5 Å². The zero-order chi connectivity index (χ0) is 22.2. The van der Waals surface area contributed by atoms with E-state index in [4.69, 9.17) is 21.1 Å². The number of fused-ring (bicyclic) bond motifs is 1. The Bertz CT molecular complexity index is 1210. The second-order valence-corrected chi connectivity index (χ2v) is 10.6. The fourth-order valence-electron chi connectivity index (χ4n) is 3.46. The Hall–Kier alpha value is -2.27. The lowest BCUT2D eigenvalue weighted by molar-refractivity contribution is 0.312. The molecule has 0 radical (unpaired) electrons. The van der Waals surface area contributed by atoms with E-state index in [1.807, 2.05) is 6.07 Å². The van der Waals surface area contributed by atoms with Crippen molar-refractivity contribution < 1.29 is 17.9 Å². The van der Waals surface area contributed by atoms with E-state index in [-0.39, 0.29) is 9.90 Å². The van der Waals surface area contributed by atoms with E-state index in [0.29, 0.717) is 16.5 Å². The number of hydrogen-bond donors (Lipinski definition) is 1. The van der Waals surface area contributed by atoms with Crippen LogP contribution < -0.4 is 19.1 Å². The SMILES string of the molecule is COc1cc(NS(=O)(=O)c2cc3c(N4CCN(C)CC4)nccc3s2)c(OC)cc1Cl. The van der Waals surface area contributed by atoms with Gasteiger partial charge in [0, 0.05) is 54.6 Å². The van der Waals surface area contributed by atoms with Crippen LogP contribution >= 0.6 is 22.9 Å². The van der Waals surface area contributed by atoms with Crippen molar-refractivity contribution >= 4 is 54.6 Å². The molecule has 1 N–H and O–H groups in total. The summed E-state index contributed by atoms with van der Waals surface area (Å²) in [7, 11) is 1.13. The maximum Gasteiger partial charge on any atom is 0.271 e. The molecule has 166 valence electrons. The molecule has 1 aliphatic rings. The van der Waals surface area contributed by atoms with Crippen LogP contribution in [0.5, 0.6) is 11.5 Å². The summed E-state index contributed by atoms with van der Waals surface area (Å²) in [6.45, 7) is 3.57. The van der Waals surface area contributed by atoms with Crippen molar-refractivity contribution in [3.63, 3.8) is 0 Å². The van der Waals surface area contributed by atoms with Crippen LogP contribution in [0.4, 0.5) is 11.5 Å². The average molecular weight is 483 g/mol. The Kier molecular flexibility index (Phi) is 6.16. The molecule has 11 heteroatoms. The first kappa shape index (κ1) is 21.9. The zero-order valence-corrected chi connectivity index (χ0v) is 19.8. The number of anilines is 2. The summed E-state index contributed by atoms with van der Waals surface area (Å²) in [6, 6.07) is 6.54. The summed E-state index contributed by atoms with van der Waals surface area (Å²) in [5.74, 6) is 1.46. The lowest BCUT2D eigenvalue weighted by atomic mass is 10.2. The van der Waals surface area contributed by atoms with Gasteiger partial charge in [-0.05, 0) is 19.2 Å². The Labute approximate surface area is 190 Å². The Morgan fingerprint density at radius 1 is 1.10 bits per heavy atom. The summed E-state index contributed by atoms with van der Waals surface area (Å²) in [5, 5.41) is 1.16. The van der Waals surface area contributed by atoms with Gasteiger partial charge in [-0.25, -0.2) is 13.4 Å². The number of methoxy groups -OCH3 is 2. The molecule has 31 heavy (non-hydrogen) atoms. The molecule has 1 aromatic carbocycles. The van der Waals surface area contributed by atoms with Gasteiger partial charge in [-0.3, -0.25) is 4.72 Å². The minimum atomic E-state index is -3.87. The van der Waals surface area contributed by atoms with Gasteiger partial charge in [0.2, 0.25) is 0 Å². The van der Waals surface area contributed by atoms with E-state index < -0.39 is 10.0 Å². The van der Waals surface area contributed by atoms with E-state index in [9.17, 15) is 8.42 Å². The van der Waals surface area contributed by atoms with Crippen molar-refractivity contribution in [2.24, 2.45) is 0 Å². The van der Waals surface area contributed by atoms with Crippen LogP contribution in [0.15, 0.2) is 34.7 Å². The molecule has 0 bridgehead atoms. The lowest BCUT2D eigenvalue weighted by Crippen LogP contribution is -2.44. The molecule has 0 unspecified atom stereocenters. The monoisotopic (exact) mass is 482 g/mol. The van der Waals surface area contributed by atoms with Crippen LogP contribution in [0.2, 0.25) is 5.02 Å². The highest BCUT2D eigenvalue weighted by atomic mass is 35.5. The predicted molar refractivity (Wildman–Crippen MR) is 125 cm³/mol. The Balaban J connectivity index is 1.69. The number of likely N-dealkylation sites (N-methyl/N-ethyl adjacent to an activating group) is 1. The fraction of sp³-hybridized carbons (Fsp3) is 0.350. The molecular weight excluding hydrogens is 460 g/mol. The fourth-order valence-corrected chi connectivity index (χ4v) is 6.13. The number of benzene rings is 1. The molecule has 0 atom stereocenters. The van der Waals surface area contributed by atoms with Crippen LogP contribution in [0.3, 0.4) is 0 Å². The van der Waals surface area contributed by atoms with E-state index in [0.717, 1.165) is 42.1 Å². The molecular formula is C20H23ClN4O4S2. The van der Waals surface area contributed by atoms with Crippen molar-refractivity contribution in [2.45, 2.75) is 4.21 Å². The van der Waals surface area contributed by atoms with Gasteiger partial charge in [0.05, 0.1) is 24.9 Å². The van der Waals surface area contributed by atoms with Crippen LogP contribution in [0, 0.1) is 0 Å². The van der Waals surface area contributed by atoms with Crippen molar-refractivity contribution in [3.05, 3.63) is 35.5 Å². The van der Waals surface area contributed by atoms with E-state index in [2.05, 4.69) is 26.6 Å². The zero-order valence-electron chi connectivity index (χ0n) is 17.4. The maximum atomic E-state index is 13.2. The largest absolute Gasteiger partial charge is 0.495 e. The molecule has 1 saturated heterocycles. The molecule has 2 aromatic heterocycles. The van der Waals surface area contributed by atoms with Gasteiger partial charge >= 0.3 is 0 Å². The van der Waals surface area contributed by atoms with Gasteiger partial charge in [0.15, 0.2) is 0 Å². The van der Waals surface area contributed by atoms with Gasteiger partial charge in [-0.2, -0.15) is 0 Å². The number of thiophene rings is 1. The van der Waals surface area contributed by atoms with E-state index in [1.165, 1.54) is 37.7 Å². The number of nitrogens with zero attached hydrogens (tertiary/aromatic N) is 3. The normalized spacial score (nSPS) is 15.3. The van der Waals surface area contributed by atoms with Crippen molar-refractivity contribution in [2.75, 3.05) is 57.1 Å². The van der Waals surface area contributed by atoms with Crippen LogP contribution in [0.25, 0.3) is 10.1 Å². The van der Waals surface area contributed by atoms with Gasteiger partial charge in [-0.15, -0.1) is 11.3 Å². The van der Waals surface area contributed by atoms with Gasteiger partial charge < -0.3 is 19.3 Å². The summed E-state index contributed by atoms with van der Waals surface area (Å²) in [5.41, 5.74) is 0.249. The Morgan fingerprint density at radius 3 is 2.48 bits per heavy atom. The number of hydrogen-bond acceptors (Lipinski definition) is 8. The van der Waals surface area contributed by atoms with E-state index >= 15 is 0 Å². The van der Waals surface area contributed by atoms with Crippen molar-refractivity contribution in [1.29, 1.82) is 0 Å². The third kappa shape index (κ3) is 4.38. The summed E-state index contributed by atoms with van der Waals surface area (Å²) >= 11 is 7.33. The van der Waals surface area contributed by atoms with Crippen LogP contribution in [-0.4, -0.2) is 65.7 Å². The lowest BCUT2D eigenvalue weighted by Gasteiger charge is -2.33. The number of halogens is 1. The first-order valence-corrected chi connectivity index (χ1v) is 12.3. The van der Waals surface area contributed by atoms with Crippen molar-refractivity contribution in [1.82, 2.24) is 9.88 Å². The molecule has 4 rings (SSSR count). The van der Waals surface area contributed by atoms with E-state index in [1.54, 1.807) is 12.3 Å². The second-order valence-electron chi connectivity index (χ2n) is 7.19. The second kappa shape index (κ2) is 8.70. The molecule has 1 aliphatic heterocycles. The number of piperazine rings is 1. The molecule has 0 amide bonds. The quantitative estimate of drug-likeness (QED) is 0.575. The maximum absolute atomic E-state index is 13.2. The average Bonchev–Trinajstić information content (AvgIpc) is 3.21. The smallest absolute Gasteiger partial charge is 0.271 e. The third-order valence-electron chi connectivity index (χ3n) is 5.19. The number of pyridine rings is 1. The highest BCUT2D eigenvalue weighted by molar-refractivity contribution is 7.94. The number of sulfonamides is 1. The molecule has 8 nitrogen and oxygen atoms in total.